The molecular formula is H11ClN4OPd. The second kappa shape index (κ2) is 4.90. The first-order valence-corrected chi connectivity index (χ1v) is 4.32. The monoisotopic (exact) mass is 224 g/mol. The Morgan fingerprint density at radius 1 is 0.857 bits per heavy atom. The van der Waals surface area contributed by atoms with E-state index in [2.05, 4.69) is 0 Å². The predicted molar refractivity (Wildman–Crippen MR) is 27.6 cm³/mol. The van der Waals surface area contributed by atoms with Crippen LogP contribution >= 0.6 is 12.4 Å². The normalized spacial score (nSPS) is 10.9. The van der Waals surface area contributed by atoms with E-state index >= 15 is 0 Å². The fraction of sp³-hybridized carbons (Fsp3) is 0. The predicted octanol–water partition coefficient (Wildman–Crippen LogP) is -2.77. The molecule has 0 aliphatic rings. The van der Waals surface area contributed by atoms with Crippen LogP contribution in [0.2, 0.25) is 0 Å². The number of halogens is 1. The Hall–Kier alpha value is 0.752. The van der Waals surface area contributed by atoms with Gasteiger partial charge in [0.05, 0.1) is 0 Å². The van der Waals surface area contributed by atoms with Gasteiger partial charge >= 0.3 is 34.0 Å². The van der Waals surface area contributed by atoms with Crippen molar-refractivity contribution in [3.8, 4) is 0 Å². The Bertz CT molecular complexity index is 27.2. The first-order chi connectivity index (χ1) is 2.00. The summed E-state index contributed by atoms with van der Waals surface area (Å²) in [6, 6.07) is 0. The molecule has 0 unspecified atom stereocenters. The Morgan fingerprint density at radius 3 is 0.857 bits per heavy atom. The molecule has 0 fully saturated rings. The van der Waals surface area contributed by atoms with E-state index in [1.54, 1.807) is 0 Å². The van der Waals surface area contributed by atoms with E-state index in [1.807, 2.05) is 0 Å². The average Bonchev–Trinajstić information content (AvgIpc) is 0.722. The molecule has 0 radical (unpaired) electrons. The molecule has 0 aromatic rings. The van der Waals surface area contributed by atoms with Crippen LogP contribution in [0, 0.1) is 0 Å². The minimum atomic E-state index is -2.70. The maximum absolute atomic E-state index is 4.84. The number of hydrogen-bond donors (Lipinski definition) is 4. The fourth-order valence-electron chi connectivity index (χ4n) is 0. The van der Waals surface area contributed by atoms with Crippen LogP contribution in [0.5, 0.6) is 0 Å². The van der Waals surface area contributed by atoms with Gasteiger partial charge in [-0.2, -0.15) is 0 Å². The molecule has 10 N–H and O–H groups in total. The molecule has 0 spiro atoms. The van der Waals surface area contributed by atoms with E-state index in [0.29, 0.717) is 0 Å². The van der Waals surface area contributed by atoms with E-state index in [4.69, 9.17) is 17.5 Å². The van der Waals surface area contributed by atoms with E-state index in [-0.39, 0.29) is 17.9 Å². The van der Waals surface area contributed by atoms with Gasteiger partial charge in [0, 0.05) is 0 Å². The molecule has 0 aromatic heterocycles. The molecule has 0 aliphatic carbocycles. The Kier molecular flexibility index (Phi) is 11.0. The molecule has 0 saturated carbocycles. The van der Waals surface area contributed by atoms with Crippen molar-refractivity contribution in [2.45, 2.75) is 0 Å². The van der Waals surface area contributed by atoms with Gasteiger partial charge in [-0.1, -0.05) is 0 Å². The summed E-state index contributed by atoms with van der Waals surface area (Å²) < 4.78 is 19.4. The molecule has 0 aliphatic heterocycles. The van der Waals surface area contributed by atoms with E-state index in [9.17, 15) is 0 Å². The average molecular weight is 225 g/mol. The van der Waals surface area contributed by atoms with Gasteiger partial charge in [0.2, 0.25) is 0 Å². The first kappa shape index (κ1) is 15.7. The molecular weight excluding hydrogens is 214 g/mol. The van der Waals surface area contributed by atoms with Crippen molar-refractivity contribution in [3.63, 3.8) is 0 Å². The molecule has 0 atom stereocenters. The van der Waals surface area contributed by atoms with Crippen LogP contribution in [0.25, 0.3) is 0 Å². The maximum atomic E-state index is 4.84. The van der Waals surface area contributed by atoms with Crippen LogP contribution < -0.4 is 17.5 Å². The van der Waals surface area contributed by atoms with E-state index in [0.717, 1.165) is 0 Å². The standard InChI is InChI=1S/ClH.4H2N.H2O.Pd/h1H;5*1H2;/q;4*-1;;+4. The molecule has 7 heteroatoms. The third kappa shape index (κ3) is 269. The zero-order valence-electron chi connectivity index (χ0n) is 3.53. The third-order valence-electron chi connectivity index (χ3n) is 0. The summed E-state index contributed by atoms with van der Waals surface area (Å²) in [5.74, 6) is 0. The van der Waals surface area contributed by atoms with Crippen molar-refractivity contribution in [1.29, 1.82) is 0 Å². The Morgan fingerprint density at radius 2 is 0.857 bits per heavy atom. The second-order valence-electron chi connectivity index (χ2n) is 0.632. The quantitative estimate of drug-likeness (QED) is 0.332. The minimum absolute atomic E-state index is 0. The zero-order valence-corrected chi connectivity index (χ0v) is 5.90. The summed E-state index contributed by atoms with van der Waals surface area (Å²) >= 11 is -2.70. The van der Waals surface area contributed by atoms with Gasteiger partial charge in [0.1, 0.15) is 0 Å². The van der Waals surface area contributed by atoms with Crippen molar-refractivity contribution >= 4 is 12.4 Å². The summed E-state index contributed by atoms with van der Waals surface area (Å²) in [7, 11) is 0. The summed E-state index contributed by atoms with van der Waals surface area (Å²) in [5, 5.41) is 0. The topological polar surface area (TPSA) is 136 Å². The molecule has 0 rings (SSSR count). The van der Waals surface area contributed by atoms with Gasteiger partial charge < -0.3 is 5.48 Å². The van der Waals surface area contributed by atoms with Crippen LogP contribution in [0.15, 0.2) is 0 Å². The first-order valence-electron chi connectivity index (χ1n) is 0.730. The van der Waals surface area contributed by atoms with Gasteiger partial charge in [-0.05, 0) is 0 Å². The molecule has 5 nitrogen and oxygen atoms in total. The van der Waals surface area contributed by atoms with Crippen LogP contribution in [0.3, 0.4) is 0 Å². The molecule has 7 heavy (non-hydrogen) atoms. The van der Waals surface area contributed by atoms with Crippen molar-refractivity contribution < 1.29 is 22.0 Å². The number of nitrogens with two attached hydrogens (primary N) is 4. The van der Waals surface area contributed by atoms with Crippen LogP contribution in [-0.4, -0.2) is 5.48 Å². The number of rotatable bonds is 0. The Balaban J connectivity index is -0.0000000800. The third-order valence-corrected chi connectivity index (χ3v) is 0. The van der Waals surface area contributed by atoms with E-state index in [1.165, 1.54) is 0 Å². The molecule has 0 saturated heterocycles. The van der Waals surface area contributed by atoms with Crippen molar-refractivity contribution in [2.75, 3.05) is 0 Å². The summed E-state index contributed by atoms with van der Waals surface area (Å²) in [6.07, 6.45) is 0. The van der Waals surface area contributed by atoms with Crippen LogP contribution in [0.4, 0.5) is 0 Å². The van der Waals surface area contributed by atoms with E-state index < -0.39 is 16.5 Å². The van der Waals surface area contributed by atoms with Crippen molar-refractivity contribution in [2.24, 2.45) is 17.5 Å². The van der Waals surface area contributed by atoms with Gasteiger partial charge in [-0.3, -0.25) is 0 Å². The van der Waals surface area contributed by atoms with Crippen molar-refractivity contribution in [1.82, 2.24) is 0 Å². The summed E-state index contributed by atoms with van der Waals surface area (Å²) in [5.41, 5.74) is 0. The molecule has 54 valence electrons. The molecule has 0 amide bonds. The van der Waals surface area contributed by atoms with Crippen molar-refractivity contribution in [3.05, 3.63) is 0 Å². The zero-order chi connectivity index (χ0) is 4.50. The fourth-order valence-corrected chi connectivity index (χ4v) is 0. The van der Waals surface area contributed by atoms with Crippen LogP contribution in [0.1, 0.15) is 0 Å². The van der Waals surface area contributed by atoms with Crippen LogP contribution in [-0.2, 0) is 16.5 Å². The molecule has 0 heterocycles. The second-order valence-corrected chi connectivity index (χ2v) is 3.74. The summed E-state index contributed by atoms with van der Waals surface area (Å²) in [4.78, 5) is 0. The molecule has 0 bridgehead atoms. The number of hydrogen-bond acceptors (Lipinski definition) is 4. The SMILES string of the molecule is Cl.O.[NH2][Pd]([NH2])([NH2])[NH2]. The summed E-state index contributed by atoms with van der Waals surface area (Å²) in [6.45, 7) is 0. The van der Waals surface area contributed by atoms with Gasteiger partial charge in [-0.25, -0.2) is 0 Å². The van der Waals surface area contributed by atoms with Gasteiger partial charge in [-0.15, -0.1) is 12.4 Å². The Labute approximate surface area is 52.3 Å². The van der Waals surface area contributed by atoms with Gasteiger partial charge in [0.25, 0.3) is 0 Å². The van der Waals surface area contributed by atoms with Gasteiger partial charge in [0.15, 0.2) is 0 Å². The molecule has 0 aromatic carbocycles.